The van der Waals surface area contributed by atoms with E-state index in [2.05, 4.69) is 41.3 Å². The molecule has 1 saturated carbocycles. The first-order chi connectivity index (χ1) is 21.9. The SMILES string of the molecule is O=C(O)c1ccc(CCN2C(=O)/C(=C/c3cc(-c4ccc(SCC5CC5)cc4)ccc3OCCN3CCOCC3)SC2=S)cc1. The summed E-state index contributed by atoms with van der Waals surface area (Å²) in [7, 11) is 0. The van der Waals surface area contributed by atoms with Gasteiger partial charge in [0.25, 0.3) is 5.91 Å². The molecule has 3 fully saturated rings. The van der Waals surface area contributed by atoms with E-state index in [1.54, 1.807) is 29.2 Å². The second-order valence-electron chi connectivity index (χ2n) is 11.4. The number of benzene rings is 3. The number of carbonyl (C=O) groups excluding carboxylic acids is 1. The number of carboxylic acid groups (broad SMARTS) is 1. The lowest BCUT2D eigenvalue weighted by atomic mass is 10.0. The Morgan fingerprint density at radius 3 is 2.47 bits per heavy atom. The lowest BCUT2D eigenvalue weighted by Crippen LogP contribution is -2.38. The first-order valence-corrected chi connectivity index (χ1v) is 17.5. The number of amides is 1. The summed E-state index contributed by atoms with van der Waals surface area (Å²) in [5.74, 6) is 1.71. The summed E-state index contributed by atoms with van der Waals surface area (Å²) in [4.78, 5) is 30.5. The van der Waals surface area contributed by atoms with Crippen molar-refractivity contribution in [2.45, 2.75) is 24.2 Å². The molecule has 0 unspecified atom stereocenters. The van der Waals surface area contributed by atoms with Crippen LogP contribution >= 0.6 is 35.7 Å². The van der Waals surface area contributed by atoms with Gasteiger partial charge in [-0.3, -0.25) is 14.6 Å². The third kappa shape index (κ3) is 8.56. The van der Waals surface area contributed by atoms with Crippen LogP contribution in [-0.2, 0) is 16.0 Å². The highest BCUT2D eigenvalue weighted by atomic mass is 32.2. The summed E-state index contributed by atoms with van der Waals surface area (Å²) in [5, 5.41) is 9.16. The normalized spacial score (nSPS) is 18.1. The Kier molecular flexibility index (Phi) is 10.6. The van der Waals surface area contributed by atoms with Crippen LogP contribution in [0, 0.1) is 5.92 Å². The van der Waals surface area contributed by atoms with E-state index in [0.29, 0.717) is 28.8 Å². The Balaban J connectivity index is 1.18. The Bertz CT molecular complexity index is 1570. The van der Waals surface area contributed by atoms with Gasteiger partial charge >= 0.3 is 5.97 Å². The van der Waals surface area contributed by atoms with E-state index in [-0.39, 0.29) is 11.5 Å². The number of carbonyl (C=O) groups is 2. The Morgan fingerprint density at radius 2 is 1.76 bits per heavy atom. The van der Waals surface area contributed by atoms with Crippen molar-refractivity contribution >= 4 is 58.0 Å². The Labute approximate surface area is 278 Å². The number of rotatable bonds is 13. The molecule has 1 aliphatic carbocycles. The van der Waals surface area contributed by atoms with Crippen LogP contribution in [0.25, 0.3) is 17.2 Å². The molecule has 3 aliphatic rings. The Morgan fingerprint density at radius 1 is 1.02 bits per heavy atom. The van der Waals surface area contributed by atoms with Gasteiger partial charge in [-0.2, -0.15) is 0 Å². The van der Waals surface area contributed by atoms with Gasteiger partial charge in [0.05, 0.1) is 23.7 Å². The summed E-state index contributed by atoms with van der Waals surface area (Å²) < 4.78 is 12.3. The van der Waals surface area contributed by atoms with Gasteiger partial charge in [-0.05, 0) is 84.3 Å². The molecule has 2 heterocycles. The van der Waals surface area contributed by atoms with Gasteiger partial charge in [-0.15, -0.1) is 11.8 Å². The molecule has 3 aromatic rings. The summed E-state index contributed by atoms with van der Waals surface area (Å²) in [6.45, 7) is 5.05. The van der Waals surface area contributed by atoms with E-state index in [1.807, 2.05) is 23.9 Å². The van der Waals surface area contributed by atoms with Gasteiger partial charge in [0.15, 0.2) is 0 Å². The third-order valence-electron chi connectivity index (χ3n) is 8.13. The molecule has 2 aliphatic heterocycles. The van der Waals surface area contributed by atoms with Crippen LogP contribution in [0.5, 0.6) is 5.75 Å². The highest BCUT2D eigenvalue weighted by molar-refractivity contribution is 8.26. The maximum Gasteiger partial charge on any atom is 0.335 e. The van der Waals surface area contributed by atoms with Crippen LogP contribution in [0.1, 0.15) is 34.3 Å². The first kappa shape index (κ1) is 31.8. The number of aromatic carboxylic acids is 1. The van der Waals surface area contributed by atoms with Crippen molar-refractivity contribution in [2.24, 2.45) is 5.92 Å². The zero-order chi connectivity index (χ0) is 31.2. The fourth-order valence-corrected chi connectivity index (χ4v) is 7.60. The van der Waals surface area contributed by atoms with Crippen LogP contribution in [-0.4, -0.2) is 82.9 Å². The highest BCUT2D eigenvalue weighted by Crippen LogP contribution is 2.37. The number of hydrogen-bond donors (Lipinski definition) is 1. The zero-order valence-electron chi connectivity index (χ0n) is 25.0. The fraction of sp³-hybridized carbons (Fsp3) is 0.343. The van der Waals surface area contributed by atoms with Crippen molar-refractivity contribution in [3.63, 3.8) is 0 Å². The van der Waals surface area contributed by atoms with Crippen LogP contribution in [0.3, 0.4) is 0 Å². The van der Waals surface area contributed by atoms with Gasteiger partial charge in [-0.1, -0.05) is 54.3 Å². The fourth-order valence-electron chi connectivity index (χ4n) is 5.21. The van der Waals surface area contributed by atoms with E-state index in [0.717, 1.165) is 66.8 Å². The minimum absolute atomic E-state index is 0.131. The lowest BCUT2D eigenvalue weighted by molar-refractivity contribution is -0.122. The average Bonchev–Trinajstić information content (AvgIpc) is 3.85. The van der Waals surface area contributed by atoms with Crippen LogP contribution in [0.4, 0.5) is 0 Å². The van der Waals surface area contributed by atoms with Gasteiger partial charge < -0.3 is 14.6 Å². The number of carboxylic acids is 1. The number of hydrogen-bond acceptors (Lipinski definition) is 8. The lowest BCUT2D eigenvalue weighted by Gasteiger charge is -2.26. The number of nitrogens with zero attached hydrogens (tertiary/aromatic N) is 2. The molecule has 0 atom stereocenters. The van der Waals surface area contributed by atoms with E-state index in [9.17, 15) is 9.59 Å². The quantitative estimate of drug-likeness (QED) is 0.122. The van der Waals surface area contributed by atoms with Crippen molar-refractivity contribution in [3.8, 4) is 16.9 Å². The maximum atomic E-state index is 13.5. The molecular formula is C35H36N2O5S3. The Hall–Kier alpha value is -3.15. The van der Waals surface area contributed by atoms with Crippen molar-refractivity contribution in [3.05, 3.63) is 88.3 Å². The second kappa shape index (κ2) is 15.0. The summed E-state index contributed by atoms with van der Waals surface area (Å²) in [5.41, 5.74) is 4.19. The molecular weight excluding hydrogens is 625 g/mol. The molecule has 6 rings (SSSR count). The predicted octanol–water partition coefficient (Wildman–Crippen LogP) is 6.71. The molecule has 7 nitrogen and oxygen atoms in total. The summed E-state index contributed by atoms with van der Waals surface area (Å²) in [6.07, 6.45) is 5.18. The topological polar surface area (TPSA) is 79.3 Å². The molecule has 10 heteroatoms. The average molecular weight is 661 g/mol. The standard InChI is InChI=1S/C35H36N2O5S3/c38-33-32(45-35(43)37(33)14-13-24-3-5-27(6-4-24)34(39)40)22-29-21-28(26-7-10-30(11-8-26)44-23-25-1-2-25)9-12-31(29)42-20-17-36-15-18-41-19-16-36/h3-12,21-22,25H,1-2,13-20,23H2,(H,39,40)/b32-22-. The van der Waals surface area contributed by atoms with Gasteiger partial charge in [0.2, 0.25) is 0 Å². The number of thioether (sulfide) groups is 2. The van der Waals surface area contributed by atoms with E-state index < -0.39 is 5.97 Å². The molecule has 0 bridgehead atoms. The van der Waals surface area contributed by atoms with E-state index in [1.165, 1.54) is 35.3 Å². The number of ether oxygens (including phenoxy) is 2. The van der Waals surface area contributed by atoms with Crippen molar-refractivity contribution in [1.82, 2.24) is 9.80 Å². The van der Waals surface area contributed by atoms with E-state index in [4.69, 9.17) is 26.8 Å². The number of morpholine rings is 1. The molecule has 0 radical (unpaired) electrons. The van der Waals surface area contributed by atoms with Crippen LogP contribution in [0.2, 0.25) is 0 Å². The molecule has 3 aromatic carbocycles. The van der Waals surface area contributed by atoms with Crippen LogP contribution in [0.15, 0.2) is 76.5 Å². The highest BCUT2D eigenvalue weighted by Gasteiger charge is 2.32. The number of thiocarbonyl (C=S) groups is 1. The molecule has 45 heavy (non-hydrogen) atoms. The van der Waals surface area contributed by atoms with Crippen molar-refractivity contribution in [1.29, 1.82) is 0 Å². The minimum atomic E-state index is -0.961. The van der Waals surface area contributed by atoms with Crippen LogP contribution < -0.4 is 4.74 Å². The molecule has 234 valence electrons. The first-order valence-electron chi connectivity index (χ1n) is 15.3. The van der Waals surface area contributed by atoms with Gasteiger partial charge in [0, 0.05) is 42.4 Å². The molecule has 0 aromatic heterocycles. The molecule has 1 N–H and O–H groups in total. The van der Waals surface area contributed by atoms with Gasteiger partial charge in [-0.25, -0.2) is 4.79 Å². The summed E-state index contributed by atoms with van der Waals surface area (Å²) in [6, 6.07) is 21.6. The third-order valence-corrected chi connectivity index (χ3v) is 10.8. The molecule has 1 amide bonds. The second-order valence-corrected chi connectivity index (χ2v) is 14.2. The summed E-state index contributed by atoms with van der Waals surface area (Å²) >= 11 is 8.84. The monoisotopic (exact) mass is 660 g/mol. The van der Waals surface area contributed by atoms with Crippen molar-refractivity contribution < 1.29 is 24.2 Å². The van der Waals surface area contributed by atoms with Gasteiger partial charge in [0.1, 0.15) is 16.7 Å². The molecule has 2 saturated heterocycles. The molecule has 0 spiro atoms. The maximum absolute atomic E-state index is 13.5. The van der Waals surface area contributed by atoms with Crippen molar-refractivity contribution in [2.75, 3.05) is 51.8 Å². The predicted molar refractivity (Wildman–Crippen MR) is 185 cm³/mol. The minimum Gasteiger partial charge on any atom is -0.492 e. The smallest absolute Gasteiger partial charge is 0.335 e. The largest absolute Gasteiger partial charge is 0.492 e. The van der Waals surface area contributed by atoms with E-state index >= 15 is 0 Å². The zero-order valence-corrected chi connectivity index (χ0v) is 27.4.